The molecule has 8 unspecified atom stereocenters. The maximum atomic E-state index is 13.7. The Hall–Kier alpha value is -2.50. The monoisotopic (exact) mass is 475 g/mol. The summed E-state index contributed by atoms with van der Waals surface area (Å²) in [6, 6.07) is 0. The van der Waals surface area contributed by atoms with E-state index >= 15 is 0 Å². The standard InChI is InChI=1S/C29H37N3O3/c1-17(2)19-15-29-11-8-22-27(3,9-5-10-28(22,4)26(35)31-32-13-12-30-16-32)23(29)14-18(19)24-20(33)6-7-21(34)25(24)29/h6-7,12-13,15-18,22-25H,5,8-11,14H2,1-4H3,(H,31,35). The molecule has 186 valence electrons. The van der Waals surface area contributed by atoms with Gasteiger partial charge in [-0.3, -0.25) is 19.8 Å². The Morgan fingerprint density at radius 3 is 2.60 bits per heavy atom. The second kappa shape index (κ2) is 7.50. The lowest BCUT2D eigenvalue weighted by Gasteiger charge is -2.69. The zero-order valence-corrected chi connectivity index (χ0v) is 21.3. The lowest BCUT2D eigenvalue weighted by Crippen LogP contribution is -2.67. The van der Waals surface area contributed by atoms with E-state index in [-0.39, 0.29) is 52.0 Å². The maximum absolute atomic E-state index is 13.7. The van der Waals surface area contributed by atoms with Gasteiger partial charge in [0, 0.05) is 29.6 Å². The molecule has 6 aliphatic carbocycles. The summed E-state index contributed by atoms with van der Waals surface area (Å²) in [5.74, 6) is 0.959. The van der Waals surface area contributed by atoms with Gasteiger partial charge in [0.2, 0.25) is 5.91 Å². The molecule has 0 radical (unpaired) electrons. The molecule has 0 aromatic carbocycles. The summed E-state index contributed by atoms with van der Waals surface area (Å²) in [7, 11) is 0. The van der Waals surface area contributed by atoms with Gasteiger partial charge in [0.05, 0.1) is 5.41 Å². The molecule has 7 rings (SSSR count). The quantitative estimate of drug-likeness (QED) is 0.642. The van der Waals surface area contributed by atoms with Crippen LogP contribution in [0.3, 0.4) is 0 Å². The first-order chi connectivity index (χ1) is 16.6. The van der Waals surface area contributed by atoms with E-state index in [0.29, 0.717) is 11.8 Å². The smallest absolute Gasteiger partial charge is 0.245 e. The fourth-order valence-electron chi connectivity index (χ4n) is 9.63. The van der Waals surface area contributed by atoms with Crippen molar-refractivity contribution in [3.8, 4) is 0 Å². The molecule has 6 aliphatic rings. The molecule has 1 spiro atoms. The Labute approximate surface area is 207 Å². The minimum Gasteiger partial charge on any atom is -0.294 e. The number of carbonyl (C=O) groups excluding carboxylic acids is 3. The zero-order chi connectivity index (χ0) is 24.8. The summed E-state index contributed by atoms with van der Waals surface area (Å²) in [6.45, 7) is 9.00. The fraction of sp³-hybridized carbons (Fsp3) is 0.655. The highest BCUT2D eigenvalue weighted by Crippen LogP contribution is 2.73. The van der Waals surface area contributed by atoms with Crippen molar-refractivity contribution in [3.05, 3.63) is 42.5 Å². The highest BCUT2D eigenvalue weighted by atomic mass is 16.2. The van der Waals surface area contributed by atoms with Gasteiger partial charge in [-0.25, -0.2) is 9.66 Å². The van der Waals surface area contributed by atoms with E-state index in [1.54, 1.807) is 35.5 Å². The predicted octanol–water partition coefficient (Wildman–Crippen LogP) is 4.72. The summed E-state index contributed by atoms with van der Waals surface area (Å²) >= 11 is 0. The molecule has 1 N–H and O–H groups in total. The zero-order valence-electron chi connectivity index (χ0n) is 21.3. The highest BCUT2D eigenvalue weighted by molar-refractivity contribution is 6.08. The Kier molecular flexibility index (Phi) is 4.92. The van der Waals surface area contributed by atoms with Crippen LogP contribution in [0, 0.1) is 51.8 Å². The van der Waals surface area contributed by atoms with E-state index in [0.717, 1.165) is 38.5 Å². The van der Waals surface area contributed by atoms with Crippen LogP contribution in [0.5, 0.6) is 0 Å². The number of imidazole rings is 1. The van der Waals surface area contributed by atoms with Gasteiger partial charge in [-0.2, -0.15) is 0 Å². The summed E-state index contributed by atoms with van der Waals surface area (Å²) in [5, 5.41) is 0. The second-order valence-corrected chi connectivity index (χ2v) is 12.7. The van der Waals surface area contributed by atoms with Crippen LogP contribution in [-0.4, -0.2) is 27.1 Å². The van der Waals surface area contributed by atoms with Crippen LogP contribution in [0.1, 0.15) is 66.2 Å². The van der Waals surface area contributed by atoms with E-state index in [9.17, 15) is 14.4 Å². The number of fused-ring (bicyclic) bond motifs is 1. The minimum absolute atomic E-state index is 0.0513. The fourth-order valence-corrected chi connectivity index (χ4v) is 9.63. The number of hydrogen-bond acceptors (Lipinski definition) is 4. The summed E-state index contributed by atoms with van der Waals surface area (Å²) in [4.78, 5) is 44.4. The van der Waals surface area contributed by atoms with Gasteiger partial charge in [-0.15, -0.1) is 0 Å². The van der Waals surface area contributed by atoms with Crippen LogP contribution < -0.4 is 5.43 Å². The van der Waals surface area contributed by atoms with E-state index in [2.05, 4.69) is 44.2 Å². The van der Waals surface area contributed by atoms with Crippen molar-refractivity contribution >= 4 is 17.5 Å². The number of aromatic nitrogens is 2. The van der Waals surface area contributed by atoms with Crippen LogP contribution in [0.25, 0.3) is 0 Å². The molecule has 8 atom stereocenters. The predicted molar refractivity (Wildman–Crippen MR) is 132 cm³/mol. The molecule has 0 saturated heterocycles. The van der Waals surface area contributed by atoms with E-state index in [4.69, 9.17) is 0 Å². The SMILES string of the molecule is CC(C)C1=CC23CCC4C(C)(C(=O)Nn5ccnc5)CCCC4(C)C2CC1C1C(=O)C=CC(=O)C13. The van der Waals surface area contributed by atoms with E-state index in [1.165, 1.54) is 5.57 Å². The van der Waals surface area contributed by atoms with Crippen LogP contribution >= 0.6 is 0 Å². The van der Waals surface area contributed by atoms with Gasteiger partial charge in [0.1, 0.15) is 6.33 Å². The number of carbonyl (C=O) groups is 3. The van der Waals surface area contributed by atoms with Gasteiger partial charge < -0.3 is 0 Å². The van der Waals surface area contributed by atoms with Gasteiger partial charge in [0.15, 0.2) is 11.6 Å². The van der Waals surface area contributed by atoms with Crippen molar-refractivity contribution in [2.24, 2.45) is 51.8 Å². The lowest BCUT2D eigenvalue weighted by atomic mass is 9.33. The minimum atomic E-state index is -0.480. The molecule has 1 amide bonds. The van der Waals surface area contributed by atoms with Crippen molar-refractivity contribution in [2.45, 2.75) is 66.2 Å². The van der Waals surface area contributed by atoms with Crippen LogP contribution in [0.15, 0.2) is 42.5 Å². The number of nitrogens with zero attached hydrogens (tertiary/aromatic N) is 2. The number of amides is 1. The van der Waals surface area contributed by atoms with Crippen LogP contribution in [0.4, 0.5) is 0 Å². The van der Waals surface area contributed by atoms with E-state index in [1.807, 2.05) is 0 Å². The third-order valence-corrected chi connectivity index (χ3v) is 11.0. The molecule has 6 heteroatoms. The first-order valence-electron chi connectivity index (χ1n) is 13.4. The first kappa shape index (κ1) is 22.9. The lowest BCUT2D eigenvalue weighted by molar-refractivity contribution is -0.189. The molecule has 0 aliphatic heterocycles. The highest BCUT2D eigenvalue weighted by Gasteiger charge is 2.70. The Bertz CT molecular complexity index is 1150. The van der Waals surface area contributed by atoms with Crippen molar-refractivity contribution < 1.29 is 14.4 Å². The molecule has 2 bridgehead atoms. The third kappa shape index (κ3) is 2.94. The molecular weight excluding hydrogens is 438 g/mol. The maximum Gasteiger partial charge on any atom is 0.245 e. The third-order valence-electron chi connectivity index (χ3n) is 11.0. The first-order valence-corrected chi connectivity index (χ1v) is 13.4. The molecule has 3 fully saturated rings. The number of hydrogen-bond donors (Lipinski definition) is 1. The number of allylic oxidation sites excluding steroid dienone is 4. The number of nitrogens with one attached hydrogen (secondary N) is 1. The summed E-state index contributed by atoms with van der Waals surface area (Å²) in [5.41, 5.74) is 3.64. The Morgan fingerprint density at radius 1 is 1.11 bits per heavy atom. The van der Waals surface area contributed by atoms with Crippen molar-refractivity contribution in [1.29, 1.82) is 0 Å². The molecule has 1 aromatic heterocycles. The number of ketones is 2. The second-order valence-electron chi connectivity index (χ2n) is 12.7. The average Bonchev–Trinajstić information content (AvgIpc) is 3.33. The van der Waals surface area contributed by atoms with E-state index < -0.39 is 5.41 Å². The van der Waals surface area contributed by atoms with Gasteiger partial charge >= 0.3 is 0 Å². The van der Waals surface area contributed by atoms with Gasteiger partial charge in [0.25, 0.3) is 0 Å². The molecule has 1 heterocycles. The summed E-state index contributed by atoms with van der Waals surface area (Å²) < 4.78 is 1.65. The van der Waals surface area contributed by atoms with Gasteiger partial charge in [-0.05, 0) is 73.3 Å². The molecule has 35 heavy (non-hydrogen) atoms. The molecule has 3 saturated carbocycles. The Morgan fingerprint density at radius 2 is 1.89 bits per heavy atom. The summed E-state index contributed by atoms with van der Waals surface area (Å²) in [6.07, 6.45) is 16.3. The van der Waals surface area contributed by atoms with Crippen molar-refractivity contribution in [3.63, 3.8) is 0 Å². The van der Waals surface area contributed by atoms with Crippen molar-refractivity contribution in [2.75, 3.05) is 5.43 Å². The Balaban J connectivity index is 1.43. The van der Waals surface area contributed by atoms with Crippen LogP contribution in [-0.2, 0) is 14.4 Å². The largest absolute Gasteiger partial charge is 0.294 e. The van der Waals surface area contributed by atoms with Crippen molar-refractivity contribution in [1.82, 2.24) is 9.66 Å². The average molecular weight is 476 g/mol. The van der Waals surface area contributed by atoms with Gasteiger partial charge in [-0.1, -0.05) is 45.8 Å². The normalized spacial score (nSPS) is 43.9. The number of rotatable bonds is 3. The molecule has 1 aromatic rings. The molecular formula is C29H37N3O3. The van der Waals surface area contributed by atoms with Crippen LogP contribution in [0.2, 0.25) is 0 Å². The topological polar surface area (TPSA) is 81.1 Å². The molecule has 6 nitrogen and oxygen atoms in total.